The molecule has 1 aromatic rings. The third kappa shape index (κ3) is 4.51. The molecule has 3 heteroatoms. The number of methoxy groups -OCH3 is 1. The fourth-order valence-electron chi connectivity index (χ4n) is 2.34. The van der Waals surface area contributed by atoms with Crippen molar-refractivity contribution in [1.82, 2.24) is 5.32 Å². The predicted octanol–water partition coefficient (Wildman–Crippen LogP) is 3.06. The van der Waals surface area contributed by atoms with Crippen LogP contribution in [0.4, 0.5) is 0 Å². The second kappa shape index (κ2) is 7.51. The lowest BCUT2D eigenvalue weighted by atomic mass is 10.0. The summed E-state index contributed by atoms with van der Waals surface area (Å²) in [6.45, 7) is 9.13. The molecular weight excluding hydrogens is 238 g/mol. The minimum atomic E-state index is -0.539. The molecule has 0 aliphatic carbocycles. The first-order valence-electron chi connectivity index (χ1n) is 7.05. The zero-order valence-corrected chi connectivity index (χ0v) is 12.7. The van der Waals surface area contributed by atoms with Crippen molar-refractivity contribution in [2.45, 2.75) is 46.3 Å². The van der Waals surface area contributed by atoms with E-state index in [0.717, 1.165) is 23.3 Å². The molecule has 0 saturated heterocycles. The van der Waals surface area contributed by atoms with Crippen LogP contribution in [0.15, 0.2) is 18.2 Å². The Morgan fingerprint density at radius 2 is 2.00 bits per heavy atom. The molecular formula is C16H27NO2. The van der Waals surface area contributed by atoms with Crippen LogP contribution in [0.25, 0.3) is 0 Å². The van der Waals surface area contributed by atoms with Gasteiger partial charge in [-0.05, 0) is 31.4 Å². The van der Waals surface area contributed by atoms with Gasteiger partial charge in [0.1, 0.15) is 5.75 Å². The highest BCUT2D eigenvalue weighted by Crippen LogP contribution is 2.26. The summed E-state index contributed by atoms with van der Waals surface area (Å²) < 4.78 is 5.31. The van der Waals surface area contributed by atoms with Gasteiger partial charge in [0.2, 0.25) is 0 Å². The van der Waals surface area contributed by atoms with Crippen molar-refractivity contribution in [3.8, 4) is 5.75 Å². The molecule has 1 aromatic carbocycles. The van der Waals surface area contributed by atoms with Crippen molar-refractivity contribution in [2.24, 2.45) is 5.92 Å². The van der Waals surface area contributed by atoms with E-state index in [1.54, 1.807) is 7.11 Å². The SMILES string of the molecule is CCC(NCC(O)c1cc(C)ccc1OC)C(C)C. The van der Waals surface area contributed by atoms with Gasteiger partial charge in [-0.1, -0.05) is 32.4 Å². The predicted molar refractivity (Wildman–Crippen MR) is 79.6 cm³/mol. The zero-order valence-electron chi connectivity index (χ0n) is 12.7. The van der Waals surface area contributed by atoms with Gasteiger partial charge in [0.25, 0.3) is 0 Å². The summed E-state index contributed by atoms with van der Waals surface area (Å²) in [5.41, 5.74) is 1.99. The molecule has 3 nitrogen and oxygen atoms in total. The van der Waals surface area contributed by atoms with Crippen LogP contribution in [0, 0.1) is 12.8 Å². The van der Waals surface area contributed by atoms with Gasteiger partial charge in [0, 0.05) is 18.2 Å². The molecule has 2 N–H and O–H groups in total. The van der Waals surface area contributed by atoms with Crippen LogP contribution in [0.1, 0.15) is 44.4 Å². The molecule has 0 aliphatic heterocycles. The first-order chi connectivity index (χ1) is 8.99. The highest BCUT2D eigenvalue weighted by Gasteiger charge is 2.16. The molecule has 0 bridgehead atoms. The summed E-state index contributed by atoms with van der Waals surface area (Å²) in [5.74, 6) is 1.31. The standard InChI is InChI=1S/C16H27NO2/c1-6-14(11(2)3)17-10-15(18)13-9-12(4)7-8-16(13)19-5/h7-9,11,14-15,17-18H,6,10H2,1-5H3. The van der Waals surface area contributed by atoms with E-state index in [2.05, 4.69) is 26.1 Å². The first kappa shape index (κ1) is 16.0. The maximum atomic E-state index is 10.3. The fourth-order valence-corrected chi connectivity index (χ4v) is 2.34. The number of benzene rings is 1. The Balaban J connectivity index is 2.72. The van der Waals surface area contributed by atoms with Crippen LogP contribution in [-0.4, -0.2) is 24.8 Å². The van der Waals surface area contributed by atoms with Gasteiger partial charge < -0.3 is 15.2 Å². The topological polar surface area (TPSA) is 41.5 Å². The number of rotatable bonds is 7. The number of aryl methyl sites for hydroxylation is 1. The number of hydrogen-bond donors (Lipinski definition) is 2. The van der Waals surface area contributed by atoms with Gasteiger partial charge in [0.05, 0.1) is 13.2 Å². The van der Waals surface area contributed by atoms with E-state index in [1.165, 1.54) is 0 Å². The van der Waals surface area contributed by atoms with Gasteiger partial charge in [-0.3, -0.25) is 0 Å². The molecule has 2 atom stereocenters. The van der Waals surface area contributed by atoms with Crippen molar-refractivity contribution in [3.05, 3.63) is 29.3 Å². The van der Waals surface area contributed by atoms with Crippen LogP contribution in [0.3, 0.4) is 0 Å². The van der Waals surface area contributed by atoms with E-state index < -0.39 is 6.10 Å². The molecule has 1 rings (SSSR count). The minimum absolute atomic E-state index is 0.436. The molecule has 2 unspecified atom stereocenters. The van der Waals surface area contributed by atoms with E-state index in [9.17, 15) is 5.11 Å². The van der Waals surface area contributed by atoms with Crippen molar-refractivity contribution >= 4 is 0 Å². The molecule has 0 radical (unpaired) electrons. The summed E-state index contributed by atoms with van der Waals surface area (Å²) >= 11 is 0. The third-order valence-corrected chi connectivity index (χ3v) is 3.56. The Morgan fingerprint density at radius 1 is 1.32 bits per heavy atom. The van der Waals surface area contributed by atoms with E-state index in [-0.39, 0.29) is 0 Å². The second-order valence-electron chi connectivity index (χ2n) is 5.43. The Morgan fingerprint density at radius 3 is 2.53 bits per heavy atom. The first-order valence-corrected chi connectivity index (χ1v) is 7.05. The maximum Gasteiger partial charge on any atom is 0.124 e. The average molecular weight is 265 g/mol. The number of aliphatic hydroxyl groups excluding tert-OH is 1. The van der Waals surface area contributed by atoms with E-state index in [4.69, 9.17) is 4.74 Å². The number of nitrogens with one attached hydrogen (secondary N) is 1. The summed E-state index contributed by atoms with van der Waals surface area (Å²) in [6.07, 6.45) is 0.526. The molecule has 108 valence electrons. The Labute approximate surface area is 117 Å². The molecule has 19 heavy (non-hydrogen) atoms. The zero-order chi connectivity index (χ0) is 14.4. The molecule has 0 saturated carbocycles. The van der Waals surface area contributed by atoms with E-state index >= 15 is 0 Å². The van der Waals surface area contributed by atoms with Crippen molar-refractivity contribution in [3.63, 3.8) is 0 Å². The quantitative estimate of drug-likeness (QED) is 0.796. The van der Waals surface area contributed by atoms with Crippen LogP contribution < -0.4 is 10.1 Å². The molecule has 0 spiro atoms. The van der Waals surface area contributed by atoms with Gasteiger partial charge in [0.15, 0.2) is 0 Å². The summed E-state index contributed by atoms with van der Waals surface area (Å²) in [6, 6.07) is 6.33. The molecule has 0 aromatic heterocycles. The molecule has 0 amide bonds. The monoisotopic (exact) mass is 265 g/mol. The fraction of sp³-hybridized carbons (Fsp3) is 0.625. The highest BCUT2D eigenvalue weighted by atomic mass is 16.5. The normalized spacial score (nSPS) is 14.5. The Kier molecular flexibility index (Phi) is 6.32. The molecule has 0 aliphatic rings. The summed E-state index contributed by atoms with van der Waals surface area (Å²) in [7, 11) is 1.64. The lowest BCUT2D eigenvalue weighted by molar-refractivity contribution is 0.161. The summed E-state index contributed by atoms with van der Waals surface area (Å²) in [4.78, 5) is 0. The van der Waals surface area contributed by atoms with Crippen molar-refractivity contribution in [2.75, 3.05) is 13.7 Å². The lowest BCUT2D eigenvalue weighted by Gasteiger charge is -2.23. The number of ether oxygens (including phenoxy) is 1. The van der Waals surface area contributed by atoms with Gasteiger partial charge in [-0.15, -0.1) is 0 Å². The van der Waals surface area contributed by atoms with Crippen LogP contribution in [-0.2, 0) is 0 Å². The maximum absolute atomic E-state index is 10.3. The lowest BCUT2D eigenvalue weighted by Crippen LogP contribution is -2.36. The third-order valence-electron chi connectivity index (χ3n) is 3.56. The Hall–Kier alpha value is -1.06. The largest absolute Gasteiger partial charge is 0.496 e. The number of aliphatic hydroxyl groups is 1. The highest BCUT2D eigenvalue weighted by molar-refractivity contribution is 5.38. The van der Waals surface area contributed by atoms with Crippen molar-refractivity contribution < 1.29 is 9.84 Å². The van der Waals surface area contributed by atoms with Gasteiger partial charge >= 0.3 is 0 Å². The van der Waals surface area contributed by atoms with Gasteiger partial charge in [-0.2, -0.15) is 0 Å². The van der Waals surface area contributed by atoms with Gasteiger partial charge in [-0.25, -0.2) is 0 Å². The second-order valence-corrected chi connectivity index (χ2v) is 5.43. The number of hydrogen-bond acceptors (Lipinski definition) is 3. The Bertz CT molecular complexity index is 390. The average Bonchev–Trinajstić information content (AvgIpc) is 2.38. The van der Waals surface area contributed by atoms with E-state index in [0.29, 0.717) is 18.5 Å². The van der Waals surface area contributed by atoms with Crippen LogP contribution in [0.5, 0.6) is 5.75 Å². The summed E-state index contributed by atoms with van der Waals surface area (Å²) in [5, 5.41) is 13.8. The smallest absolute Gasteiger partial charge is 0.124 e. The van der Waals surface area contributed by atoms with Crippen molar-refractivity contribution in [1.29, 1.82) is 0 Å². The van der Waals surface area contributed by atoms with Crippen LogP contribution >= 0.6 is 0 Å². The van der Waals surface area contributed by atoms with Crippen LogP contribution in [0.2, 0.25) is 0 Å². The molecule has 0 heterocycles. The van der Waals surface area contributed by atoms with E-state index in [1.807, 2.05) is 25.1 Å². The molecule has 0 fully saturated rings. The minimum Gasteiger partial charge on any atom is -0.496 e.